The standard InChI is InChI=1S/C15H12N2OS/c18-13(11-6-2-1-3-7-11)10-16-15-17-12-8-4-5-9-14(12)19-15/h1-9H,10H2,(H,16,17). The molecule has 0 bridgehead atoms. The van der Waals surface area contributed by atoms with Gasteiger partial charge >= 0.3 is 0 Å². The largest absolute Gasteiger partial charge is 0.354 e. The summed E-state index contributed by atoms with van der Waals surface area (Å²) in [6, 6.07) is 17.2. The molecule has 0 aliphatic carbocycles. The molecule has 3 aromatic rings. The molecule has 3 nitrogen and oxygen atoms in total. The van der Waals surface area contributed by atoms with Crippen LogP contribution >= 0.6 is 11.3 Å². The molecule has 0 amide bonds. The number of thiazole rings is 1. The Morgan fingerprint density at radius 2 is 1.79 bits per heavy atom. The zero-order chi connectivity index (χ0) is 13.1. The Labute approximate surface area is 114 Å². The summed E-state index contributed by atoms with van der Waals surface area (Å²) in [6.07, 6.45) is 0. The molecule has 0 aliphatic heterocycles. The van der Waals surface area contributed by atoms with Gasteiger partial charge in [-0.2, -0.15) is 0 Å². The number of carbonyl (C=O) groups excluding carboxylic acids is 1. The molecule has 19 heavy (non-hydrogen) atoms. The van der Waals surface area contributed by atoms with Crippen molar-refractivity contribution in [2.75, 3.05) is 11.9 Å². The van der Waals surface area contributed by atoms with Crippen LogP contribution in [0, 0.1) is 0 Å². The Morgan fingerprint density at radius 1 is 1.05 bits per heavy atom. The van der Waals surface area contributed by atoms with Crippen LogP contribution in [0.4, 0.5) is 5.13 Å². The molecule has 3 rings (SSSR count). The number of fused-ring (bicyclic) bond motifs is 1. The van der Waals surface area contributed by atoms with Crippen molar-refractivity contribution in [1.82, 2.24) is 4.98 Å². The predicted octanol–water partition coefficient (Wildman–Crippen LogP) is 3.59. The van der Waals surface area contributed by atoms with Crippen molar-refractivity contribution >= 4 is 32.5 Å². The van der Waals surface area contributed by atoms with Crippen LogP contribution < -0.4 is 5.32 Å². The molecule has 0 unspecified atom stereocenters. The number of nitrogens with zero attached hydrogens (tertiary/aromatic N) is 1. The van der Waals surface area contributed by atoms with E-state index in [1.807, 2.05) is 54.6 Å². The molecule has 0 atom stereocenters. The van der Waals surface area contributed by atoms with Gasteiger partial charge in [0.05, 0.1) is 16.8 Å². The second-order valence-electron chi connectivity index (χ2n) is 4.13. The van der Waals surface area contributed by atoms with Crippen molar-refractivity contribution in [1.29, 1.82) is 0 Å². The van der Waals surface area contributed by atoms with Gasteiger partial charge in [-0.25, -0.2) is 4.98 Å². The van der Waals surface area contributed by atoms with Crippen LogP contribution in [0.2, 0.25) is 0 Å². The molecule has 0 saturated heterocycles. The van der Waals surface area contributed by atoms with E-state index in [9.17, 15) is 4.79 Å². The van der Waals surface area contributed by atoms with Crippen molar-refractivity contribution in [3.05, 3.63) is 60.2 Å². The number of ketones is 1. The number of anilines is 1. The van der Waals surface area contributed by atoms with Crippen LogP contribution in [-0.4, -0.2) is 17.3 Å². The van der Waals surface area contributed by atoms with Gasteiger partial charge in [0.2, 0.25) is 0 Å². The summed E-state index contributed by atoms with van der Waals surface area (Å²) in [5.74, 6) is 0.0693. The first kappa shape index (κ1) is 11.9. The number of Topliss-reactive ketones (excluding diaryl/α,β-unsaturated/α-hetero) is 1. The Bertz CT molecular complexity index is 673. The first-order valence-electron chi connectivity index (χ1n) is 6.00. The summed E-state index contributed by atoms with van der Waals surface area (Å²) >= 11 is 1.56. The molecule has 94 valence electrons. The van der Waals surface area contributed by atoms with E-state index in [-0.39, 0.29) is 12.3 Å². The van der Waals surface area contributed by atoms with Crippen LogP contribution in [0.3, 0.4) is 0 Å². The van der Waals surface area contributed by atoms with E-state index in [1.54, 1.807) is 11.3 Å². The number of hydrogen-bond donors (Lipinski definition) is 1. The average Bonchev–Trinajstić information content (AvgIpc) is 2.88. The lowest BCUT2D eigenvalue weighted by Crippen LogP contribution is -2.13. The molecular weight excluding hydrogens is 256 g/mol. The van der Waals surface area contributed by atoms with Crippen LogP contribution in [0.25, 0.3) is 10.2 Å². The summed E-state index contributed by atoms with van der Waals surface area (Å²) in [5, 5.41) is 3.87. The zero-order valence-corrected chi connectivity index (χ0v) is 11.0. The summed E-state index contributed by atoms with van der Waals surface area (Å²) in [4.78, 5) is 16.4. The minimum Gasteiger partial charge on any atom is -0.354 e. The fourth-order valence-corrected chi connectivity index (χ4v) is 2.69. The maximum Gasteiger partial charge on any atom is 0.184 e. The SMILES string of the molecule is O=C(CNc1nc2ccccc2s1)c1ccccc1. The van der Waals surface area contributed by atoms with Gasteiger partial charge in [-0.05, 0) is 12.1 Å². The van der Waals surface area contributed by atoms with Crippen molar-refractivity contribution in [2.24, 2.45) is 0 Å². The molecule has 0 aliphatic rings. The highest BCUT2D eigenvalue weighted by Gasteiger charge is 2.07. The Morgan fingerprint density at radius 3 is 2.58 bits per heavy atom. The van der Waals surface area contributed by atoms with Gasteiger partial charge in [0.1, 0.15) is 0 Å². The number of benzene rings is 2. The number of hydrogen-bond acceptors (Lipinski definition) is 4. The van der Waals surface area contributed by atoms with E-state index in [0.717, 1.165) is 20.9 Å². The molecule has 0 spiro atoms. The molecule has 1 heterocycles. The average molecular weight is 268 g/mol. The van der Waals surface area contributed by atoms with Gasteiger partial charge in [-0.15, -0.1) is 0 Å². The third-order valence-corrected chi connectivity index (χ3v) is 3.78. The Kier molecular flexibility index (Phi) is 3.25. The number of aromatic nitrogens is 1. The van der Waals surface area contributed by atoms with Crippen LogP contribution in [0.15, 0.2) is 54.6 Å². The molecule has 1 aromatic heterocycles. The maximum absolute atomic E-state index is 11.9. The lowest BCUT2D eigenvalue weighted by molar-refractivity contribution is 0.101. The zero-order valence-electron chi connectivity index (χ0n) is 10.2. The lowest BCUT2D eigenvalue weighted by Gasteiger charge is -2.01. The van der Waals surface area contributed by atoms with E-state index in [2.05, 4.69) is 10.3 Å². The summed E-state index contributed by atoms with van der Waals surface area (Å²) in [5.41, 5.74) is 1.68. The molecule has 1 N–H and O–H groups in total. The molecule has 0 saturated carbocycles. The van der Waals surface area contributed by atoms with E-state index >= 15 is 0 Å². The fourth-order valence-electron chi connectivity index (χ4n) is 1.83. The summed E-state index contributed by atoms with van der Waals surface area (Å²) in [6.45, 7) is 0.268. The van der Waals surface area contributed by atoms with Crippen LogP contribution in [0.5, 0.6) is 0 Å². The molecule has 0 fully saturated rings. The van der Waals surface area contributed by atoms with Crippen molar-refractivity contribution < 1.29 is 4.79 Å². The Balaban J connectivity index is 1.71. The van der Waals surface area contributed by atoms with E-state index in [0.29, 0.717) is 0 Å². The smallest absolute Gasteiger partial charge is 0.184 e. The molecular formula is C15H12N2OS. The predicted molar refractivity (Wildman–Crippen MR) is 78.9 cm³/mol. The number of carbonyl (C=O) groups is 1. The second-order valence-corrected chi connectivity index (χ2v) is 5.16. The minimum atomic E-state index is 0.0693. The van der Waals surface area contributed by atoms with Gasteiger partial charge in [0.25, 0.3) is 0 Å². The molecule has 2 aromatic carbocycles. The number of para-hydroxylation sites is 1. The highest BCUT2D eigenvalue weighted by atomic mass is 32.1. The third-order valence-electron chi connectivity index (χ3n) is 2.79. The van der Waals surface area contributed by atoms with E-state index in [1.165, 1.54) is 0 Å². The first-order valence-corrected chi connectivity index (χ1v) is 6.82. The van der Waals surface area contributed by atoms with Crippen molar-refractivity contribution in [2.45, 2.75) is 0 Å². The third kappa shape index (κ3) is 2.63. The second kappa shape index (κ2) is 5.20. The van der Waals surface area contributed by atoms with Gasteiger partial charge in [0, 0.05) is 5.56 Å². The number of nitrogens with one attached hydrogen (secondary N) is 1. The van der Waals surface area contributed by atoms with E-state index < -0.39 is 0 Å². The van der Waals surface area contributed by atoms with Crippen molar-refractivity contribution in [3.63, 3.8) is 0 Å². The van der Waals surface area contributed by atoms with Crippen LogP contribution in [-0.2, 0) is 0 Å². The quantitative estimate of drug-likeness (QED) is 0.735. The van der Waals surface area contributed by atoms with Gasteiger partial charge in [-0.3, -0.25) is 4.79 Å². The molecule has 0 radical (unpaired) electrons. The van der Waals surface area contributed by atoms with Gasteiger partial charge in [0.15, 0.2) is 10.9 Å². The fraction of sp³-hybridized carbons (Fsp3) is 0.0667. The maximum atomic E-state index is 11.9. The van der Waals surface area contributed by atoms with Crippen LogP contribution in [0.1, 0.15) is 10.4 Å². The van der Waals surface area contributed by atoms with E-state index in [4.69, 9.17) is 0 Å². The van der Waals surface area contributed by atoms with Gasteiger partial charge in [-0.1, -0.05) is 53.8 Å². The summed E-state index contributed by atoms with van der Waals surface area (Å²) < 4.78 is 1.12. The Hall–Kier alpha value is -2.20. The summed E-state index contributed by atoms with van der Waals surface area (Å²) in [7, 11) is 0. The number of rotatable bonds is 4. The van der Waals surface area contributed by atoms with Crippen molar-refractivity contribution in [3.8, 4) is 0 Å². The van der Waals surface area contributed by atoms with Gasteiger partial charge < -0.3 is 5.32 Å². The highest BCUT2D eigenvalue weighted by Crippen LogP contribution is 2.25. The topological polar surface area (TPSA) is 42.0 Å². The normalized spacial score (nSPS) is 10.5. The monoisotopic (exact) mass is 268 g/mol. The minimum absolute atomic E-state index is 0.0693. The first-order chi connectivity index (χ1) is 9.33. The molecule has 4 heteroatoms. The lowest BCUT2D eigenvalue weighted by atomic mass is 10.1. The highest BCUT2D eigenvalue weighted by molar-refractivity contribution is 7.22.